The third-order valence-electron chi connectivity index (χ3n) is 3.44. The van der Waals surface area contributed by atoms with Crippen LogP contribution in [-0.4, -0.2) is 29.5 Å². The Bertz CT molecular complexity index is 409. The van der Waals surface area contributed by atoms with Crippen molar-refractivity contribution in [3.05, 3.63) is 23.5 Å². The number of aryl methyl sites for hydroxylation is 2. The summed E-state index contributed by atoms with van der Waals surface area (Å²) in [6, 6.07) is 0.185. The van der Waals surface area contributed by atoms with Crippen molar-refractivity contribution in [3.63, 3.8) is 0 Å². The minimum atomic E-state index is 0.168. The molecule has 2 N–H and O–H groups in total. The first kappa shape index (κ1) is 12.2. The zero-order valence-electron chi connectivity index (χ0n) is 10.6. The van der Waals surface area contributed by atoms with Gasteiger partial charge in [-0.25, -0.2) is 0 Å². The lowest BCUT2D eigenvalue weighted by Gasteiger charge is -2.17. The molecule has 2 rings (SSSR count). The second kappa shape index (κ2) is 4.92. The summed E-state index contributed by atoms with van der Waals surface area (Å²) in [7, 11) is 3.58. The highest BCUT2D eigenvalue weighted by Gasteiger charge is 2.18. The first-order chi connectivity index (χ1) is 8.08. The van der Waals surface area contributed by atoms with E-state index in [0.29, 0.717) is 6.42 Å². The Morgan fingerprint density at radius 3 is 2.94 bits per heavy atom. The summed E-state index contributed by atoms with van der Waals surface area (Å²) in [4.78, 5) is 13.1. The molecule has 0 spiro atoms. The molecule has 4 heteroatoms. The number of amides is 1. The van der Waals surface area contributed by atoms with Gasteiger partial charge in [-0.3, -0.25) is 4.79 Å². The minimum Gasteiger partial charge on any atom is -0.353 e. The van der Waals surface area contributed by atoms with Crippen LogP contribution in [0.2, 0.25) is 0 Å². The Morgan fingerprint density at radius 1 is 1.53 bits per heavy atom. The fourth-order valence-corrected chi connectivity index (χ4v) is 2.36. The second-order valence-electron chi connectivity index (χ2n) is 5.01. The van der Waals surface area contributed by atoms with Crippen LogP contribution in [0, 0.1) is 0 Å². The van der Waals surface area contributed by atoms with Crippen LogP contribution in [0.15, 0.2) is 12.4 Å². The number of hydrogen-bond acceptors (Lipinski definition) is 2. The van der Waals surface area contributed by atoms with Gasteiger partial charge in [-0.05, 0) is 30.4 Å². The molecule has 0 saturated heterocycles. The van der Waals surface area contributed by atoms with Gasteiger partial charge in [-0.15, -0.1) is 0 Å². The van der Waals surface area contributed by atoms with Gasteiger partial charge < -0.3 is 15.2 Å². The van der Waals surface area contributed by atoms with E-state index < -0.39 is 0 Å². The predicted molar refractivity (Wildman–Crippen MR) is 67.6 cm³/mol. The third-order valence-corrected chi connectivity index (χ3v) is 3.44. The predicted octanol–water partition coefficient (Wildman–Crippen LogP) is 1.30. The summed E-state index contributed by atoms with van der Waals surface area (Å²) in [5, 5.41) is 0. The normalized spacial score (nSPS) is 18.9. The molecule has 0 bridgehead atoms. The zero-order chi connectivity index (χ0) is 12.4. The quantitative estimate of drug-likeness (QED) is 0.858. The van der Waals surface area contributed by atoms with Crippen LogP contribution in [0.5, 0.6) is 0 Å². The molecule has 94 valence electrons. The van der Waals surface area contributed by atoms with Crippen molar-refractivity contribution in [3.8, 4) is 0 Å². The summed E-state index contributed by atoms with van der Waals surface area (Å²) in [5.41, 5.74) is 8.71. The third kappa shape index (κ3) is 2.69. The first-order valence-electron chi connectivity index (χ1n) is 6.22. The van der Waals surface area contributed by atoms with Crippen molar-refractivity contribution in [2.45, 2.75) is 38.3 Å². The molecule has 1 atom stereocenters. The summed E-state index contributed by atoms with van der Waals surface area (Å²) in [6.07, 6.45) is 8.19. The summed E-state index contributed by atoms with van der Waals surface area (Å²) >= 11 is 0. The molecule has 0 fully saturated rings. The molecule has 1 heterocycles. The number of hydrogen-bond donors (Lipinski definition) is 1. The van der Waals surface area contributed by atoms with Crippen LogP contribution in [0.1, 0.15) is 36.4 Å². The Hall–Kier alpha value is -1.29. The lowest BCUT2D eigenvalue weighted by Crippen LogP contribution is -2.22. The Kier molecular flexibility index (Phi) is 3.52. The topological polar surface area (TPSA) is 51.3 Å². The molecule has 17 heavy (non-hydrogen) atoms. The molecule has 0 aliphatic heterocycles. The monoisotopic (exact) mass is 235 g/mol. The van der Waals surface area contributed by atoms with Gasteiger partial charge in [-0.1, -0.05) is 0 Å². The summed E-state index contributed by atoms with van der Waals surface area (Å²) < 4.78 is 2.11. The van der Waals surface area contributed by atoms with Gasteiger partial charge >= 0.3 is 0 Å². The van der Waals surface area contributed by atoms with Gasteiger partial charge in [0.1, 0.15) is 0 Å². The van der Waals surface area contributed by atoms with E-state index in [9.17, 15) is 4.79 Å². The van der Waals surface area contributed by atoms with E-state index in [2.05, 4.69) is 17.0 Å². The van der Waals surface area contributed by atoms with E-state index >= 15 is 0 Å². The van der Waals surface area contributed by atoms with Gasteiger partial charge in [0, 0.05) is 45.5 Å². The van der Waals surface area contributed by atoms with Crippen molar-refractivity contribution in [1.82, 2.24) is 9.47 Å². The second-order valence-corrected chi connectivity index (χ2v) is 5.01. The molecular formula is C13H21N3O. The van der Waals surface area contributed by atoms with Gasteiger partial charge in [-0.2, -0.15) is 0 Å². The highest BCUT2D eigenvalue weighted by molar-refractivity contribution is 5.75. The first-order valence-corrected chi connectivity index (χ1v) is 6.22. The summed E-state index contributed by atoms with van der Waals surface area (Å²) in [5.74, 6) is 0.168. The van der Waals surface area contributed by atoms with Crippen LogP contribution >= 0.6 is 0 Å². The van der Waals surface area contributed by atoms with E-state index in [4.69, 9.17) is 5.73 Å². The van der Waals surface area contributed by atoms with Crippen molar-refractivity contribution < 1.29 is 4.79 Å². The van der Waals surface area contributed by atoms with E-state index in [1.165, 1.54) is 17.5 Å². The van der Waals surface area contributed by atoms with Gasteiger partial charge in [0.2, 0.25) is 5.91 Å². The standard InChI is InChI=1S/C13H21N3O/c1-15(2)13(17)6-7-16-8-10-4-3-5-12(14)11(10)9-16/h8-9,12H,3-7,14H2,1-2H3. The highest BCUT2D eigenvalue weighted by atomic mass is 16.2. The molecule has 1 aliphatic rings. The van der Waals surface area contributed by atoms with Gasteiger partial charge in [0.25, 0.3) is 0 Å². The molecule has 1 unspecified atom stereocenters. The van der Waals surface area contributed by atoms with Crippen molar-refractivity contribution in [2.75, 3.05) is 14.1 Å². The number of nitrogens with two attached hydrogens (primary N) is 1. The van der Waals surface area contributed by atoms with Crippen LogP contribution in [0.25, 0.3) is 0 Å². The SMILES string of the molecule is CN(C)C(=O)CCn1cc2c(c1)C(N)CCC2. The lowest BCUT2D eigenvalue weighted by atomic mass is 9.92. The Balaban J connectivity index is 2.01. The van der Waals surface area contributed by atoms with E-state index in [1.54, 1.807) is 19.0 Å². The van der Waals surface area contributed by atoms with Crippen LogP contribution in [-0.2, 0) is 17.8 Å². The van der Waals surface area contributed by atoms with Crippen LogP contribution < -0.4 is 5.73 Å². The molecule has 1 aromatic heterocycles. The lowest BCUT2D eigenvalue weighted by molar-refractivity contribution is -0.128. The van der Waals surface area contributed by atoms with E-state index in [-0.39, 0.29) is 11.9 Å². The number of aromatic nitrogens is 1. The molecule has 1 amide bonds. The van der Waals surface area contributed by atoms with Crippen LogP contribution in [0.4, 0.5) is 0 Å². The number of rotatable bonds is 3. The summed E-state index contributed by atoms with van der Waals surface area (Å²) in [6.45, 7) is 0.747. The van der Waals surface area contributed by atoms with Crippen LogP contribution in [0.3, 0.4) is 0 Å². The number of fused-ring (bicyclic) bond motifs is 1. The average Bonchev–Trinajstić information content (AvgIpc) is 2.70. The average molecular weight is 235 g/mol. The molecule has 1 aromatic rings. The van der Waals surface area contributed by atoms with Crippen molar-refractivity contribution in [1.29, 1.82) is 0 Å². The molecular weight excluding hydrogens is 214 g/mol. The Labute approximate surface area is 102 Å². The molecule has 0 saturated carbocycles. The maximum absolute atomic E-state index is 11.5. The molecule has 4 nitrogen and oxygen atoms in total. The zero-order valence-corrected chi connectivity index (χ0v) is 10.6. The maximum Gasteiger partial charge on any atom is 0.223 e. The molecule has 0 radical (unpaired) electrons. The number of carbonyl (C=O) groups excluding carboxylic acids is 1. The number of nitrogens with zero attached hydrogens (tertiary/aromatic N) is 2. The fraction of sp³-hybridized carbons (Fsp3) is 0.615. The Morgan fingerprint density at radius 2 is 2.29 bits per heavy atom. The minimum absolute atomic E-state index is 0.168. The van der Waals surface area contributed by atoms with Crippen molar-refractivity contribution in [2.24, 2.45) is 5.73 Å². The largest absolute Gasteiger partial charge is 0.353 e. The van der Waals surface area contributed by atoms with Gasteiger partial charge in [0.05, 0.1) is 0 Å². The van der Waals surface area contributed by atoms with E-state index in [1.807, 2.05) is 0 Å². The number of carbonyl (C=O) groups is 1. The fourth-order valence-electron chi connectivity index (χ4n) is 2.36. The molecule has 1 aliphatic carbocycles. The van der Waals surface area contributed by atoms with Crippen molar-refractivity contribution >= 4 is 5.91 Å². The van der Waals surface area contributed by atoms with E-state index in [0.717, 1.165) is 19.4 Å². The smallest absolute Gasteiger partial charge is 0.223 e. The van der Waals surface area contributed by atoms with Gasteiger partial charge in [0.15, 0.2) is 0 Å². The maximum atomic E-state index is 11.5. The molecule has 0 aromatic carbocycles. The highest BCUT2D eigenvalue weighted by Crippen LogP contribution is 2.28.